The zero-order valence-electron chi connectivity index (χ0n) is 17.3. The fourth-order valence-corrected chi connectivity index (χ4v) is 4.00. The Balaban J connectivity index is 2.04. The number of imide groups is 1. The highest BCUT2D eigenvalue weighted by Crippen LogP contribution is 2.41. The van der Waals surface area contributed by atoms with Gasteiger partial charge in [0.15, 0.2) is 0 Å². The predicted octanol–water partition coefficient (Wildman–Crippen LogP) is 3.88. The molecule has 158 valence electrons. The van der Waals surface area contributed by atoms with Crippen LogP contribution in [-0.2, 0) is 9.59 Å². The average molecular weight is 428 g/mol. The highest BCUT2D eigenvalue weighted by atomic mass is 32.2. The third kappa shape index (κ3) is 4.52. The molecule has 0 unspecified atom stereocenters. The highest BCUT2D eigenvalue weighted by molar-refractivity contribution is 8.04. The number of aliphatic hydroxyl groups excluding tert-OH is 1. The fraction of sp³-hybridized carbons (Fsp3) is 0.304. The molecule has 0 saturated heterocycles. The Morgan fingerprint density at radius 1 is 1.03 bits per heavy atom. The number of hydrogen-bond acceptors (Lipinski definition) is 6. The molecule has 0 fully saturated rings. The first-order chi connectivity index (χ1) is 14.5. The van der Waals surface area contributed by atoms with Crippen molar-refractivity contribution in [1.29, 1.82) is 0 Å². The van der Waals surface area contributed by atoms with Gasteiger partial charge in [-0.15, -0.1) is 11.8 Å². The minimum atomic E-state index is -0.415. The quantitative estimate of drug-likeness (QED) is 0.612. The molecule has 0 aromatic heterocycles. The number of rotatable bonds is 9. The maximum atomic E-state index is 13.4. The van der Waals surface area contributed by atoms with Crippen LogP contribution in [0.5, 0.6) is 11.5 Å². The van der Waals surface area contributed by atoms with Crippen LogP contribution in [0.1, 0.15) is 26.3 Å². The summed E-state index contributed by atoms with van der Waals surface area (Å²) in [6.45, 7) is 6.11. The Morgan fingerprint density at radius 3 is 2.37 bits per heavy atom. The van der Waals surface area contributed by atoms with Crippen LogP contribution in [0.2, 0.25) is 0 Å². The largest absolute Gasteiger partial charge is 0.494 e. The van der Waals surface area contributed by atoms with E-state index in [0.717, 1.165) is 4.90 Å². The van der Waals surface area contributed by atoms with Crippen LogP contribution in [0.25, 0.3) is 5.57 Å². The van der Waals surface area contributed by atoms with Gasteiger partial charge >= 0.3 is 0 Å². The Morgan fingerprint density at radius 2 is 1.73 bits per heavy atom. The van der Waals surface area contributed by atoms with Gasteiger partial charge in [-0.2, -0.15) is 0 Å². The van der Waals surface area contributed by atoms with E-state index in [4.69, 9.17) is 9.47 Å². The Bertz CT molecular complexity index is 952. The molecule has 0 bridgehead atoms. The molecule has 1 N–H and O–H groups in total. The van der Waals surface area contributed by atoms with E-state index < -0.39 is 11.8 Å². The standard InChI is InChI=1S/C23H25NO5S/c1-4-28-17-11-9-16(10-12-17)20-21(30-14-13-25)23(27)24(22(20)26)18-7-5-6-8-19(18)29-15(2)3/h5-12,15,25H,4,13-14H2,1-3H3. The van der Waals surface area contributed by atoms with Crippen molar-refractivity contribution >= 4 is 34.8 Å². The molecule has 1 aliphatic rings. The Labute approximate surface area is 180 Å². The molecule has 3 rings (SSSR count). The van der Waals surface area contributed by atoms with Crippen molar-refractivity contribution in [3.63, 3.8) is 0 Å². The number of para-hydroxylation sites is 2. The molecule has 0 atom stereocenters. The third-order valence-corrected chi connectivity index (χ3v) is 5.36. The van der Waals surface area contributed by atoms with E-state index in [1.54, 1.807) is 48.5 Å². The van der Waals surface area contributed by atoms with E-state index in [0.29, 0.717) is 45.6 Å². The number of nitrogens with zero attached hydrogens (tertiary/aromatic N) is 1. The second-order valence-corrected chi connectivity index (χ2v) is 7.92. The van der Waals surface area contributed by atoms with Gasteiger partial charge in [-0.1, -0.05) is 24.3 Å². The Kier molecular flexibility index (Phi) is 7.18. The van der Waals surface area contributed by atoms with Crippen LogP contribution in [0.15, 0.2) is 53.4 Å². The van der Waals surface area contributed by atoms with Crippen molar-refractivity contribution in [2.24, 2.45) is 0 Å². The lowest BCUT2D eigenvalue weighted by molar-refractivity contribution is -0.119. The van der Waals surface area contributed by atoms with E-state index in [2.05, 4.69) is 0 Å². The number of aliphatic hydroxyl groups is 1. The van der Waals surface area contributed by atoms with E-state index in [1.165, 1.54) is 11.8 Å². The monoisotopic (exact) mass is 427 g/mol. The number of hydrogen-bond donors (Lipinski definition) is 1. The van der Waals surface area contributed by atoms with Crippen LogP contribution in [0, 0.1) is 0 Å². The molecular formula is C23H25NO5S. The lowest BCUT2D eigenvalue weighted by atomic mass is 10.1. The summed E-state index contributed by atoms with van der Waals surface area (Å²) in [6, 6.07) is 14.1. The summed E-state index contributed by atoms with van der Waals surface area (Å²) in [5, 5.41) is 9.27. The van der Waals surface area contributed by atoms with Crippen LogP contribution in [0.4, 0.5) is 5.69 Å². The van der Waals surface area contributed by atoms with Crippen molar-refractivity contribution < 1.29 is 24.2 Å². The predicted molar refractivity (Wildman–Crippen MR) is 119 cm³/mol. The van der Waals surface area contributed by atoms with Crippen LogP contribution in [0.3, 0.4) is 0 Å². The zero-order chi connectivity index (χ0) is 21.7. The van der Waals surface area contributed by atoms with Gasteiger partial charge < -0.3 is 14.6 Å². The summed E-state index contributed by atoms with van der Waals surface area (Å²) < 4.78 is 11.3. The Hall–Kier alpha value is -2.77. The second kappa shape index (κ2) is 9.82. The van der Waals surface area contributed by atoms with Gasteiger partial charge in [0.1, 0.15) is 11.5 Å². The summed E-state index contributed by atoms with van der Waals surface area (Å²) in [7, 11) is 0. The van der Waals surface area contributed by atoms with Crippen LogP contribution < -0.4 is 14.4 Å². The van der Waals surface area contributed by atoms with Gasteiger partial charge in [0.05, 0.1) is 35.5 Å². The first kappa shape index (κ1) is 21.9. The minimum Gasteiger partial charge on any atom is -0.494 e. The molecule has 0 aliphatic carbocycles. The van der Waals surface area contributed by atoms with E-state index >= 15 is 0 Å². The van der Waals surface area contributed by atoms with Gasteiger partial charge in [0, 0.05) is 5.75 Å². The first-order valence-electron chi connectivity index (χ1n) is 9.83. The molecule has 1 heterocycles. The van der Waals surface area contributed by atoms with Crippen LogP contribution >= 0.6 is 11.8 Å². The normalized spacial score (nSPS) is 14.1. The van der Waals surface area contributed by atoms with Crippen molar-refractivity contribution in [2.75, 3.05) is 23.9 Å². The summed E-state index contributed by atoms with van der Waals surface area (Å²) in [5.74, 6) is 0.642. The first-order valence-corrected chi connectivity index (χ1v) is 10.8. The molecule has 2 amide bonds. The molecule has 1 aliphatic heterocycles. The number of benzene rings is 2. The molecule has 0 radical (unpaired) electrons. The summed E-state index contributed by atoms with van der Waals surface area (Å²) >= 11 is 1.18. The van der Waals surface area contributed by atoms with E-state index in [1.807, 2.05) is 20.8 Å². The van der Waals surface area contributed by atoms with Crippen molar-refractivity contribution in [1.82, 2.24) is 0 Å². The minimum absolute atomic E-state index is 0.0980. The second-order valence-electron chi connectivity index (χ2n) is 6.81. The SMILES string of the molecule is CCOc1ccc(C2=C(SCCO)C(=O)N(c3ccccc3OC(C)C)C2=O)cc1. The maximum Gasteiger partial charge on any atom is 0.272 e. The number of ether oxygens (including phenoxy) is 2. The summed E-state index contributed by atoms with van der Waals surface area (Å²) in [5.41, 5.74) is 1.35. The van der Waals surface area contributed by atoms with Crippen LogP contribution in [-0.4, -0.2) is 42.0 Å². The topological polar surface area (TPSA) is 76.1 Å². The van der Waals surface area contributed by atoms with Gasteiger partial charge in [-0.25, -0.2) is 4.90 Å². The molecule has 7 heteroatoms. The summed E-state index contributed by atoms with van der Waals surface area (Å²) in [6.07, 6.45) is -0.110. The van der Waals surface area contributed by atoms with Gasteiger partial charge in [0.2, 0.25) is 0 Å². The van der Waals surface area contributed by atoms with Crippen molar-refractivity contribution in [2.45, 2.75) is 26.9 Å². The molecule has 2 aromatic rings. The zero-order valence-corrected chi connectivity index (χ0v) is 18.1. The van der Waals surface area contributed by atoms with Gasteiger partial charge in [0.25, 0.3) is 11.8 Å². The summed E-state index contributed by atoms with van der Waals surface area (Å²) in [4.78, 5) is 28.2. The number of amides is 2. The number of carbonyl (C=O) groups excluding carboxylic acids is 2. The highest BCUT2D eigenvalue weighted by Gasteiger charge is 2.41. The third-order valence-electron chi connectivity index (χ3n) is 4.30. The molecule has 2 aromatic carbocycles. The number of anilines is 1. The van der Waals surface area contributed by atoms with Gasteiger partial charge in [-0.05, 0) is 50.6 Å². The lowest BCUT2D eigenvalue weighted by Gasteiger charge is -2.20. The molecular weight excluding hydrogens is 402 g/mol. The smallest absolute Gasteiger partial charge is 0.272 e. The maximum absolute atomic E-state index is 13.4. The molecule has 30 heavy (non-hydrogen) atoms. The number of carbonyl (C=O) groups is 2. The molecule has 0 spiro atoms. The van der Waals surface area contributed by atoms with Crippen molar-refractivity contribution in [3.8, 4) is 11.5 Å². The number of thioether (sulfide) groups is 1. The molecule has 6 nitrogen and oxygen atoms in total. The van der Waals surface area contributed by atoms with E-state index in [-0.39, 0.29) is 12.7 Å². The lowest BCUT2D eigenvalue weighted by Crippen LogP contribution is -2.32. The van der Waals surface area contributed by atoms with Crippen molar-refractivity contribution in [3.05, 3.63) is 59.0 Å². The van der Waals surface area contributed by atoms with Gasteiger partial charge in [-0.3, -0.25) is 9.59 Å². The molecule has 0 saturated carbocycles. The van der Waals surface area contributed by atoms with E-state index in [9.17, 15) is 14.7 Å². The fourth-order valence-electron chi connectivity index (χ4n) is 3.14. The average Bonchev–Trinajstić information content (AvgIpc) is 2.97.